The van der Waals surface area contributed by atoms with Gasteiger partial charge in [-0.25, -0.2) is 9.97 Å². The zero-order valence-corrected chi connectivity index (χ0v) is 8.75. The minimum Gasteiger partial charge on any atom is -0.368 e. The lowest BCUT2D eigenvalue weighted by molar-refractivity contribution is 0.809. The van der Waals surface area contributed by atoms with Gasteiger partial charge in [-0.2, -0.15) is 0 Å². The topological polar surface area (TPSA) is 63.8 Å². The first kappa shape index (κ1) is 10.9. The van der Waals surface area contributed by atoms with E-state index in [-0.39, 0.29) is 5.95 Å². The second kappa shape index (κ2) is 5.57. The Hall–Kier alpha value is -1.13. The van der Waals surface area contributed by atoms with E-state index in [1.165, 1.54) is 0 Å². The molecular formula is C9H13ClN4. The average Bonchev–Trinajstić information content (AvgIpc) is 2.15. The Bertz CT molecular complexity index is 325. The fraction of sp³-hybridized carbons (Fsp3) is 0.333. The molecule has 0 amide bonds. The molecule has 1 heterocycles. The molecule has 0 aromatic carbocycles. The van der Waals surface area contributed by atoms with Crippen LogP contribution >= 0.6 is 11.6 Å². The van der Waals surface area contributed by atoms with Gasteiger partial charge in [0.2, 0.25) is 5.95 Å². The summed E-state index contributed by atoms with van der Waals surface area (Å²) in [5.74, 6) is 0.197. The van der Waals surface area contributed by atoms with E-state index in [2.05, 4.69) is 15.3 Å². The number of hydrogen-bond donors (Lipinski definition) is 2. The van der Waals surface area contributed by atoms with Crippen molar-refractivity contribution < 1.29 is 0 Å². The zero-order valence-electron chi connectivity index (χ0n) is 8.00. The van der Waals surface area contributed by atoms with Crippen LogP contribution in [0.4, 0.5) is 5.95 Å². The van der Waals surface area contributed by atoms with Crippen molar-refractivity contribution in [3.8, 4) is 0 Å². The first-order valence-electron chi connectivity index (χ1n) is 4.33. The van der Waals surface area contributed by atoms with Crippen LogP contribution in [0, 0.1) is 0 Å². The van der Waals surface area contributed by atoms with Crippen LogP contribution in [0.1, 0.15) is 12.0 Å². The molecule has 14 heavy (non-hydrogen) atoms. The van der Waals surface area contributed by atoms with Crippen LogP contribution in [0.5, 0.6) is 0 Å². The molecule has 3 N–H and O–H groups in total. The van der Waals surface area contributed by atoms with Gasteiger partial charge in [0.15, 0.2) is 0 Å². The van der Waals surface area contributed by atoms with E-state index < -0.39 is 0 Å². The van der Waals surface area contributed by atoms with E-state index in [0.717, 1.165) is 18.5 Å². The summed E-state index contributed by atoms with van der Waals surface area (Å²) < 4.78 is 0. The smallest absolute Gasteiger partial charge is 0.221 e. The van der Waals surface area contributed by atoms with E-state index >= 15 is 0 Å². The van der Waals surface area contributed by atoms with Crippen molar-refractivity contribution in [1.29, 1.82) is 0 Å². The van der Waals surface area contributed by atoms with E-state index in [1.54, 1.807) is 6.20 Å². The molecule has 0 unspecified atom stereocenters. The van der Waals surface area contributed by atoms with Gasteiger partial charge in [0, 0.05) is 11.8 Å². The minimum absolute atomic E-state index is 0.197. The molecule has 0 aliphatic rings. The molecular weight excluding hydrogens is 200 g/mol. The lowest BCUT2D eigenvalue weighted by Gasteiger charge is -1.97. The summed E-state index contributed by atoms with van der Waals surface area (Å²) in [6.07, 6.45) is 6.45. The lowest BCUT2D eigenvalue weighted by atomic mass is 10.3. The van der Waals surface area contributed by atoms with Crippen LogP contribution in [-0.4, -0.2) is 23.6 Å². The second-order valence-electron chi connectivity index (χ2n) is 2.77. The standard InChI is InChI=1S/C9H13ClN4/c1-12-5-3-2-4-7-6-13-9(11)14-8(7)10/h2,4,6,12H,3,5H2,1H3,(H2,11,13,14). The number of hydrogen-bond acceptors (Lipinski definition) is 4. The van der Waals surface area contributed by atoms with Gasteiger partial charge in [0.05, 0.1) is 0 Å². The largest absolute Gasteiger partial charge is 0.368 e. The van der Waals surface area contributed by atoms with Crippen molar-refractivity contribution >= 4 is 23.6 Å². The molecule has 1 aromatic rings. The van der Waals surface area contributed by atoms with Gasteiger partial charge in [0.25, 0.3) is 0 Å². The molecule has 5 heteroatoms. The van der Waals surface area contributed by atoms with Crippen molar-refractivity contribution in [3.05, 3.63) is 23.0 Å². The van der Waals surface area contributed by atoms with Crippen molar-refractivity contribution in [2.45, 2.75) is 6.42 Å². The molecule has 76 valence electrons. The van der Waals surface area contributed by atoms with E-state index in [4.69, 9.17) is 17.3 Å². The fourth-order valence-electron chi connectivity index (χ4n) is 0.933. The first-order valence-corrected chi connectivity index (χ1v) is 4.71. The van der Waals surface area contributed by atoms with Gasteiger partial charge in [-0.05, 0) is 20.0 Å². The summed E-state index contributed by atoms with van der Waals surface area (Å²) in [7, 11) is 1.91. The number of nitrogens with two attached hydrogens (primary N) is 1. The second-order valence-corrected chi connectivity index (χ2v) is 3.13. The van der Waals surface area contributed by atoms with E-state index in [0.29, 0.717) is 5.15 Å². The number of halogens is 1. The molecule has 0 atom stereocenters. The highest BCUT2D eigenvalue weighted by molar-refractivity contribution is 6.30. The van der Waals surface area contributed by atoms with E-state index in [1.807, 2.05) is 19.2 Å². The number of aromatic nitrogens is 2. The third-order valence-corrected chi connectivity index (χ3v) is 1.95. The monoisotopic (exact) mass is 212 g/mol. The third-order valence-electron chi connectivity index (χ3n) is 1.65. The Balaban J connectivity index is 2.62. The van der Waals surface area contributed by atoms with Crippen molar-refractivity contribution in [2.75, 3.05) is 19.3 Å². The zero-order chi connectivity index (χ0) is 10.4. The normalized spacial score (nSPS) is 11.0. The molecule has 0 bridgehead atoms. The maximum atomic E-state index is 5.84. The van der Waals surface area contributed by atoms with Crippen LogP contribution in [0.25, 0.3) is 6.08 Å². The predicted octanol–water partition coefficient (Wildman–Crippen LogP) is 1.33. The summed E-state index contributed by atoms with van der Waals surface area (Å²) in [4.78, 5) is 7.69. The first-order chi connectivity index (χ1) is 6.74. The molecule has 0 fully saturated rings. The quantitative estimate of drug-likeness (QED) is 0.584. The van der Waals surface area contributed by atoms with Crippen molar-refractivity contribution in [3.63, 3.8) is 0 Å². The summed E-state index contributed by atoms with van der Waals surface area (Å²) in [6.45, 7) is 0.934. The van der Waals surface area contributed by atoms with Crippen LogP contribution in [0.2, 0.25) is 5.15 Å². The molecule has 1 aromatic heterocycles. The third kappa shape index (κ3) is 3.32. The van der Waals surface area contributed by atoms with Crippen LogP contribution in [0.15, 0.2) is 12.3 Å². The predicted molar refractivity (Wildman–Crippen MR) is 59.0 cm³/mol. The highest BCUT2D eigenvalue weighted by atomic mass is 35.5. The number of rotatable bonds is 4. The number of nitrogens with zero attached hydrogens (tertiary/aromatic N) is 2. The summed E-state index contributed by atoms with van der Waals surface area (Å²) >= 11 is 5.84. The number of nitrogen functional groups attached to an aromatic ring is 1. The van der Waals surface area contributed by atoms with E-state index in [9.17, 15) is 0 Å². The van der Waals surface area contributed by atoms with Gasteiger partial charge in [0.1, 0.15) is 5.15 Å². The summed E-state index contributed by atoms with van der Waals surface area (Å²) in [5.41, 5.74) is 6.15. The van der Waals surface area contributed by atoms with Crippen LogP contribution in [0.3, 0.4) is 0 Å². The maximum absolute atomic E-state index is 5.84. The molecule has 0 aliphatic carbocycles. The van der Waals surface area contributed by atoms with Gasteiger partial charge in [-0.1, -0.05) is 23.8 Å². The highest BCUT2D eigenvalue weighted by Gasteiger charge is 1.98. The fourth-order valence-corrected chi connectivity index (χ4v) is 1.13. The van der Waals surface area contributed by atoms with Gasteiger partial charge < -0.3 is 11.1 Å². The Kier molecular flexibility index (Phi) is 4.35. The Labute approximate surface area is 88.2 Å². The molecule has 4 nitrogen and oxygen atoms in total. The number of nitrogens with one attached hydrogen (secondary N) is 1. The SMILES string of the molecule is CNCCC=Cc1cnc(N)nc1Cl. The lowest BCUT2D eigenvalue weighted by Crippen LogP contribution is -2.05. The van der Waals surface area contributed by atoms with Gasteiger partial charge in [-0.3, -0.25) is 0 Å². The van der Waals surface area contributed by atoms with Crippen molar-refractivity contribution in [2.24, 2.45) is 0 Å². The van der Waals surface area contributed by atoms with Crippen molar-refractivity contribution in [1.82, 2.24) is 15.3 Å². The van der Waals surface area contributed by atoms with Gasteiger partial charge in [-0.15, -0.1) is 0 Å². The summed E-state index contributed by atoms with van der Waals surface area (Å²) in [6, 6.07) is 0. The van der Waals surface area contributed by atoms with Crippen LogP contribution in [-0.2, 0) is 0 Å². The van der Waals surface area contributed by atoms with Gasteiger partial charge >= 0.3 is 0 Å². The average molecular weight is 213 g/mol. The molecule has 0 spiro atoms. The minimum atomic E-state index is 0.197. The molecule has 0 radical (unpaired) electrons. The Morgan fingerprint density at radius 2 is 2.43 bits per heavy atom. The Morgan fingerprint density at radius 1 is 1.64 bits per heavy atom. The number of anilines is 1. The van der Waals surface area contributed by atoms with Crippen LogP contribution < -0.4 is 11.1 Å². The summed E-state index contributed by atoms with van der Waals surface area (Å²) in [5, 5.41) is 3.43. The highest BCUT2D eigenvalue weighted by Crippen LogP contribution is 2.14. The maximum Gasteiger partial charge on any atom is 0.221 e. The Morgan fingerprint density at radius 3 is 3.07 bits per heavy atom. The molecule has 0 saturated heterocycles. The molecule has 0 saturated carbocycles. The molecule has 1 rings (SSSR count). The molecule has 0 aliphatic heterocycles.